The second-order valence-corrected chi connectivity index (χ2v) is 8.98. The van der Waals surface area contributed by atoms with Crippen LogP contribution in [0.4, 0.5) is 5.69 Å². The molecule has 0 aliphatic heterocycles. The van der Waals surface area contributed by atoms with Gasteiger partial charge in [0.15, 0.2) is 0 Å². The SMILES string of the molecule is Cc1ccc(C(=O)NCCc2ccccc2)cc1S(=O)(=O)Nc1cccc(C)c1C. The van der Waals surface area contributed by atoms with Crippen LogP contribution < -0.4 is 10.0 Å². The van der Waals surface area contributed by atoms with Gasteiger partial charge in [0, 0.05) is 12.1 Å². The van der Waals surface area contributed by atoms with E-state index in [2.05, 4.69) is 10.0 Å². The minimum atomic E-state index is -3.83. The number of sulfonamides is 1. The third-order valence-corrected chi connectivity index (χ3v) is 6.64. The van der Waals surface area contributed by atoms with Crippen molar-refractivity contribution in [3.05, 3.63) is 94.5 Å². The van der Waals surface area contributed by atoms with Gasteiger partial charge in [0.2, 0.25) is 0 Å². The Morgan fingerprint density at radius 2 is 1.60 bits per heavy atom. The maximum atomic E-state index is 13.0. The van der Waals surface area contributed by atoms with Crippen LogP contribution in [-0.4, -0.2) is 20.9 Å². The van der Waals surface area contributed by atoms with Gasteiger partial charge in [-0.15, -0.1) is 0 Å². The first-order valence-corrected chi connectivity index (χ1v) is 11.3. The quantitative estimate of drug-likeness (QED) is 0.593. The van der Waals surface area contributed by atoms with E-state index in [0.29, 0.717) is 29.8 Å². The van der Waals surface area contributed by atoms with Crippen LogP contribution in [0, 0.1) is 20.8 Å². The smallest absolute Gasteiger partial charge is 0.262 e. The van der Waals surface area contributed by atoms with E-state index in [1.165, 1.54) is 6.07 Å². The van der Waals surface area contributed by atoms with Crippen molar-refractivity contribution in [2.24, 2.45) is 0 Å². The highest BCUT2D eigenvalue weighted by atomic mass is 32.2. The molecule has 0 spiro atoms. The minimum Gasteiger partial charge on any atom is -0.352 e. The lowest BCUT2D eigenvalue weighted by Crippen LogP contribution is -2.26. The van der Waals surface area contributed by atoms with Gasteiger partial charge in [0.1, 0.15) is 0 Å². The molecule has 0 heterocycles. The average molecular weight is 423 g/mol. The molecule has 3 aromatic rings. The van der Waals surface area contributed by atoms with Crippen LogP contribution in [-0.2, 0) is 16.4 Å². The molecule has 156 valence electrons. The van der Waals surface area contributed by atoms with E-state index < -0.39 is 10.0 Å². The lowest BCUT2D eigenvalue weighted by Gasteiger charge is -2.14. The highest BCUT2D eigenvalue weighted by Gasteiger charge is 2.20. The van der Waals surface area contributed by atoms with Crippen molar-refractivity contribution in [3.8, 4) is 0 Å². The molecule has 3 aromatic carbocycles. The Balaban J connectivity index is 1.76. The van der Waals surface area contributed by atoms with Crippen molar-refractivity contribution in [1.29, 1.82) is 0 Å². The topological polar surface area (TPSA) is 75.3 Å². The van der Waals surface area contributed by atoms with Gasteiger partial charge in [-0.05, 0) is 67.6 Å². The molecule has 3 rings (SSSR count). The van der Waals surface area contributed by atoms with Crippen molar-refractivity contribution >= 4 is 21.6 Å². The molecule has 0 radical (unpaired) electrons. The summed E-state index contributed by atoms with van der Waals surface area (Å²) in [4.78, 5) is 12.7. The maximum Gasteiger partial charge on any atom is 0.262 e. The number of carbonyl (C=O) groups excluding carboxylic acids is 1. The average Bonchev–Trinajstić information content (AvgIpc) is 2.72. The van der Waals surface area contributed by atoms with Crippen molar-refractivity contribution in [2.45, 2.75) is 32.1 Å². The molecular formula is C24H26N2O3S. The van der Waals surface area contributed by atoms with Gasteiger partial charge in [-0.25, -0.2) is 8.42 Å². The highest BCUT2D eigenvalue weighted by Crippen LogP contribution is 2.24. The van der Waals surface area contributed by atoms with E-state index in [1.807, 2.05) is 56.3 Å². The van der Waals surface area contributed by atoms with Crippen LogP contribution in [0.1, 0.15) is 32.6 Å². The summed E-state index contributed by atoms with van der Waals surface area (Å²) >= 11 is 0. The molecule has 0 atom stereocenters. The summed E-state index contributed by atoms with van der Waals surface area (Å²) in [5.74, 6) is -0.297. The fourth-order valence-corrected chi connectivity index (χ4v) is 4.55. The number of hydrogen-bond donors (Lipinski definition) is 2. The molecule has 0 bridgehead atoms. The van der Waals surface area contributed by atoms with Crippen LogP contribution in [0.15, 0.2) is 71.6 Å². The number of hydrogen-bond acceptors (Lipinski definition) is 3. The van der Waals surface area contributed by atoms with Gasteiger partial charge in [-0.2, -0.15) is 0 Å². The largest absolute Gasteiger partial charge is 0.352 e. The summed E-state index contributed by atoms with van der Waals surface area (Å²) in [5.41, 5.74) is 4.42. The summed E-state index contributed by atoms with van der Waals surface area (Å²) in [5, 5.41) is 2.86. The fraction of sp³-hybridized carbons (Fsp3) is 0.208. The Morgan fingerprint density at radius 1 is 0.867 bits per heavy atom. The third kappa shape index (κ3) is 5.07. The summed E-state index contributed by atoms with van der Waals surface area (Å²) in [7, 11) is -3.83. The molecule has 6 heteroatoms. The predicted octanol–water partition coefficient (Wildman–Crippen LogP) is 4.39. The summed E-state index contributed by atoms with van der Waals surface area (Å²) in [6.45, 7) is 5.99. The van der Waals surface area contributed by atoms with Crippen molar-refractivity contribution in [3.63, 3.8) is 0 Å². The first-order valence-electron chi connectivity index (χ1n) is 9.80. The Hall–Kier alpha value is -3.12. The molecule has 30 heavy (non-hydrogen) atoms. The molecule has 0 fully saturated rings. The van der Waals surface area contributed by atoms with Crippen LogP contribution in [0.5, 0.6) is 0 Å². The molecule has 0 aliphatic rings. The Labute approximate surface area is 178 Å². The van der Waals surface area contributed by atoms with Crippen LogP contribution >= 0.6 is 0 Å². The van der Waals surface area contributed by atoms with Crippen LogP contribution in [0.3, 0.4) is 0 Å². The number of anilines is 1. The molecule has 1 amide bonds. The first-order chi connectivity index (χ1) is 14.3. The van der Waals surface area contributed by atoms with E-state index >= 15 is 0 Å². The maximum absolute atomic E-state index is 13.0. The summed E-state index contributed by atoms with van der Waals surface area (Å²) in [6.07, 6.45) is 0.706. The van der Waals surface area contributed by atoms with E-state index in [9.17, 15) is 13.2 Å². The fourth-order valence-electron chi connectivity index (χ4n) is 3.16. The van der Waals surface area contributed by atoms with Gasteiger partial charge >= 0.3 is 0 Å². The molecule has 5 nitrogen and oxygen atoms in total. The minimum absolute atomic E-state index is 0.0964. The Kier molecular flexibility index (Phi) is 6.57. The molecular weight excluding hydrogens is 396 g/mol. The predicted molar refractivity (Wildman–Crippen MR) is 120 cm³/mol. The number of benzene rings is 3. The van der Waals surface area contributed by atoms with Gasteiger partial charge in [-0.1, -0.05) is 48.5 Å². The van der Waals surface area contributed by atoms with E-state index in [-0.39, 0.29) is 10.8 Å². The molecule has 0 aliphatic carbocycles. The van der Waals surface area contributed by atoms with Gasteiger partial charge < -0.3 is 5.32 Å². The molecule has 0 unspecified atom stereocenters. The Morgan fingerprint density at radius 3 is 2.33 bits per heavy atom. The van der Waals surface area contributed by atoms with Crippen LogP contribution in [0.2, 0.25) is 0 Å². The molecule has 0 saturated carbocycles. The summed E-state index contributed by atoms with van der Waals surface area (Å²) in [6, 6.07) is 20.1. The lowest BCUT2D eigenvalue weighted by atomic mass is 10.1. The molecule has 0 saturated heterocycles. The first kappa shape index (κ1) is 21.6. The number of rotatable bonds is 7. The standard InChI is InChI=1S/C24H26N2O3S/c1-17-8-7-11-22(19(17)3)26-30(28,29)23-16-21(13-12-18(23)2)24(27)25-15-14-20-9-5-4-6-10-20/h4-13,16,26H,14-15H2,1-3H3,(H,25,27). The van der Waals surface area contributed by atoms with Crippen molar-refractivity contribution in [1.82, 2.24) is 5.32 Å². The monoisotopic (exact) mass is 422 g/mol. The van der Waals surface area contributed by atoms with E-state index in [1.54, 1.807) is 25.1 Å². The van der Waals surface area contributed by atoms with E-state index in [4.69, 9.17) is 0 Å². The number of carbonyl (C=O) groups is 1. The van der Waals surface area contributed by atoms with Gasteiger partial charge in [0.25, 0.3) is 15.9 Å². The second kappa shape index (κ2) is 9.13. The zero-order chi connectivity index (χ0) is 21.7. The number of nitrogens with one attached hydrogen (secondary N) is 2. The highest BCUT2D eigenvalue weighted by molar-refractivity contribution is 7.92. The zero-order valence-corrected chi connectivity index (χ0v) is 18.2. The lowest BCUT2D eigenvalue weighted by molar-refractivity contribution is 0.0954. The number of aryl methyl sites for hydroxylation is 2. The Bertz CT molecular complexity index is 1160. The zero-order valence-electron chi connectivity index (χ0n) is 17.4. The third-order valence-electron chi connectivity index (χ3n) is 5.13. The van der Waals surface area contributed by atoms with Gasteiger partial charge in [0.05, 0.1) is 10.6 Å². The van der Waals surface area contributed by atoms with Crippen molar-refractivity contribution < 1.29 is 13.2 Å². The number of amides is 1. The molecule has 2 N–H and O–H groups in total. The van der Waals surface area contributed by atoms with E-state index in [0.717, 1.165) is 16.7 Å². The normalized spacial score (nSPS) is 11.2. The van der Waals surface area contributed by atoms with Crippen LogP contribution in [0.25, 0.3) is 0 Å². The second-order valence-electron chi connectivity index (χ2n) is 7.32. The van der Waals surface area contributed by atoms with Crippen molar-refractivity contribution in [2.75, 3.05) is 11.3 Å². The van der Waals surface area contributed by atoms with Gasteiger partial charge in [-0.3, -0.25) is 9.52 Å². The summed E-state index contributed by atoms with van der Waals surface area (Å²) < 4.78 is 28.7. The molecule has 0 aromatic heterocycles.